The van der Waals surface area contributed by atoms with Crippen molar-refractivity contribution in [3.8, 4) is 0 Å². The quantitative estimate of drug-likeness (QED) is 0.543. The summed E-state index contributed by atoms with van der Waals surface area (Å²) in [6.45, 7) is 3.59. The van der Waals surface area contributed by atoms with Gasteiger partial charge in [-0.2, -0.15) is 11.8 Å². The molecule has 2 atom stereocenters. The van der Waals surface area contributed by atoms with Crippen LogP contribution in [0.1, 0.15) is 58.3 Å². The van der Waals surface area contributed by atoms with Crippen molar-refractivity contribution in [2.24, 2.45) is 11.8 Å². The molecule has 0 aromatic carbocycles. The van der Waals surface area contributed by atoms with Gasteiger partial charge in [0.1, 0.15) is 0 Å². The van der Waals surface area contributed by atoms with E-state index in [0.717, 1.165) is 17.9 Å². The van der Waals surface area contributed by atoms with Crippen molar-refractivity contribution in [1.82, 2.24) is 5.32 Å². The summed E-state index contributed by atoms with van der Waals surface area (Å²) in [5.41, 5.74) is 0. The van der Waals surface area contributed by atoms with Gasteiger partial charge in [-0.25, -0.2) is 0 Å². The zero-order valence-electron chi connectivity index (χ0n) is 11.4. The SMILES string of the molecule is CCSCCC1CCCCCC1CNC1CC1. The molecule has 1 N–H and O–H groups in total. The van der Waals surface area contributed by atoms with Crippen LogP contribution in [0.3, 0.4) is 0 Å². The highest BCUT2D eigenvalue weighted by atomic mass is 32.2. The highest BCUT2D eigenvalue weighted by molar-refractivity contribution is 7.99. The average molecular weight is 255 g/mol. The lowest BCUT2D eigenvalue weighted by atomic mass is 9.86. The van der Waals surface area contributed by atoms with Crippen LogP contribution in [0.5, 0.6) is 0 Å². The maximum Gasteiger partial charge on any atom is 0.00683 e. The van der Waals surface area contributed by atoms with E-state index in [-0.39, 0.29) is 0 Å². The smallest absolute Gasteiger partial charge is 0.00683 e. The molecule has 17 heavy (non-hydrogen) atoms. The van der Waals surface area contributed by atoms with E-state index >= 15 is 0 Å². The third kappa shape index (κ3) is 5.21. The second kappa shape index (κ2) is 7.68. The fraction of sp³-hybridized carbons (Fsp3) is 1.00. The summed E-state index contributed by atoms with van der Waals surface area (Å²) < 4.78 is 0. The Morgan fingerprint density at radius 1 is 1.00 bits per heavy atom. The fourth-order valence-electron chi connectivity index (χ4n) is 3.09. The number of nitrogens with one attached hydrogen (secondary N) is 1. The van der Waals surface area contributed by atoms with E-state index in [2.05, 4.69) is 24.0 Å². The maximum atomic E-state index is 3.77. The molecule has 2 heteroatoms. The molecule has 2 aliphatic rings. The number of hydrogen-bond acceptors (Lipinski definition) is 2. The van der Waals surface area contributed by atoms with Gasteiger partial charge in [0.15, 0.2) is 0 Å². The summed E-state index contributed by atoms with van der Waals surface area (Å²) in [5.74, 6) is 4.68. The molecule has 0 saturated heterocycles. The maximum absolute atomic E-state index is 3.77. The summed E-state index contributed by atoms with van der Waals surface area (Å²) in [6.07, 6.45) is 11.8. The highest BCUT2D eigenvalue weighted by Gasteiger charge is 2.26. The van der Waals surface area contributed by atoms with Crippen molar-refractivity contribution < 1.29 is 0 Å². The summed E-state index contributed by atoms with van der Waals surface area (Å²) in [5, 5.41) is 3.77. The first-order chi connectivity index (χ1) is 8.40. The molecule has 100 valence electrons. The number of thioether (sulfide) groups is 1. The van der Waals surface area contributed by atoms with E-state index < -0.39 is 0 Å². The van der Waals surface area contributed by atoms with Crippen molar-refractivity contribution in [2.45, 2.75) is 64.3 Å². The van der Waals surface area contributed by atoms with Gasteiger partial charge in [0.2, 0.25) is 0 Å². The van der Waals surface area contributed by atoms with E-state index in [0.29, 0.717) is 0 Å². The van der Waals surface area contributed by atoms with Crippen molar-refractivity contribution >= 4 is 11.8 Å². The van der Waals surface area contributed by atoms with Gasteiger partial charge >= 0.3 is 0 Å². The number of rotatable bonds is 7. The average Bonchev–Trinajstić information content (AvgIpc) is 3.14. The fourth-order valence-corrected chi connectivity index (χ4v) is 3.85. The third-order valence-electron chi connectivity index (χ3n) is 4.40. The molecule has 0 spiro atoms. The molecule has 2 saturated carbocycles. The van der Waals surface area contributed by atoms with Crippen molar-refractivity contribution in [3.63, 3.8) is 0 Å². The monoisotopic (exact) mass is 255 g/mol. The van der Waals surface area contributed by atoms with Crippen LogP contribution in [-0.4, -0.2) is 24.1 Å². The molecule has 0 aromatic rings. The molecule has 0 amide bonds. The molecule has 0 aliphatic heterocycles. The zero-order valence-corrected chi connectivity index (χ0v) is 12.2. The molecule has 0 radical (unpaired) electrons. The van der Waals surface area contributed by atoms with Crippen LogP contribution >= 0.6 is 11.8 Å². The summed E-state index contributed by atoms with van der Waals surface area (Å²) in [7, 11) is 0. The van der Waals surface area contributed by atoms with Crippen LogP contribution in [0.15, 0.2) is 0 Å². The van der Waals surface area contributed by atoms with Crippen LogP contribution in [0, 0.1) is 11.8 Å². The zero-order chi connectivity index (χ0) is 11.9. The van der Waals surface area contributed by atoms with E-state index in [4.69, 9.17) is 0 Å². The van der Waals surface area contributed by atoms with Gasteiger partial charge in [-0.05, 0) is 55.6 Å². The van der Waals surface area contributed by atoms with Gasteiger partial charge in [-0.15, -0.1) is 0 Å². The van der Waals surface area contributed by atoms with E-state index in [9.17, 15) is 0 Å². The van der Waals surface area contributed by atoms with Gasteiger partial charge in [0, 0.05) is 6.04 Å². The second-order valence-electron chi connectivity index (χ2n) is 5.83. The summed E-state index contributed by atoms with van der Waals surface area (Å²) >= 11 is 2.13. The Kier molecular flexibility index (Phi) is 6.21. The highest BCUT2D eigenvalue weighted by Crippen LogP contribution is 2.32. The Hall–Kier alpha value is 0.310. The van der Waals surface area contributed by atoms with Crippen molar-refractivity contribution in [2.75, 3.05) is 18.1 Å². The van der Waals surface area contributed by atoms with Crippen LogP contribution in [0.4, 0.5) is 0 Å². The summed E-state index contributed by atoms with van der Waals surface area (Å²) in [4.78, 5) is 0. The van der Waals surface area contributed by atoms with Crippen LogP contribution < -0.4 is 5.32 Å². The molecule has 0 bridgehead atoms. The molecular formula is C15H29NS. The van der Waals surface area contributed by atoms with Gasteiger partial charge in [0.25, 0.3) is 0 Å². The lowest BCUT2D eigenvalue weighted by Gasteiger charge is -2.25. The first-order valence-electron chi connectivity index (χ1n) is 7.71. The Morgan fingerprint density at radius 2 is 1.76 bits per heavy atom. The van der Waals surface area contributed by atoms with Crippen molar-refractivity contribution in [3.05, 3.63) is 0 Å². The first-order valence-corrected chi connectivity index (χ1v) is 8.86. The molecule has 2 unspecified atom stereocenters. The predicted octanol–water partition coefficient (Wildman–Crippen LogP) is 4.08. The van der Waals surface area contributed by atoms with Crippen LogP contribution in [0.2, 0.25) is 0 Å². The minimum absolute atomic E-state index is 0.893. The van der Waals surface area contributed by atoms with Gasteiger partial charge in [0.05, 0.1) is 0 Å². The number of hydrogen-bond donors (Lipinski definition) is 1. The van der Waals surface area contributed by atoms with E-state index in [1.54, 1.807) is 0 Å². The largest absolute Gasteiger partial charge is 0.314 e. The van der Waals surface area contributed by atoms with Gasteiger partial charge < -0.3 is 5.32 Å². The standard InChI is InChI=1S/C15H29NS/c1-2-17-11-10-13-6-4-3-5-7-14(13)12-16-15-8-9-15/h13-16H,2-12H2,1H3. The topological polar surface area (TPSA) is 12.0 Å². The normalized spacial score (nSPS) is 30.2. The summed E-state index contributed by atoms with van der Waals surface area (Å²) in [6, 6.07) is 0.893. The van der Waals surface area contributed by atoms with Gasteiger partial charge in [-0.1, -0.05) is 32.6 Å². The van der Waals surface area contributed by atoms with Gasteiger partial charge in [-0.3, -0.25) is 0 Å². The van der Waals surface area contributed by atoms with Crippen LogP contribution in [-0.2, 0) is 0 Å². The van der Waals surface area contributed by atoms with Crippen molar-refractivity contribution in [1.29, 1.82) is 0 Å². The Balaban J connectivity index is 1.73. The Morgan fingerprint density at radius 3 is 2.47 bits per heavy atom. The molecule has 2 aliphatic carbocycles. The van der Waals surface area contributed by atoms with Crippen LogP contribution in [0.25, 0.3) is 0 Å². The first kappa shape index (κ1) is 13.7. The molecule has 2 rings (SSSR count). The second-order valence-corrected chi connectivity index (χ2v) is 7.22. The van der Waals surface area contributed by atoms with E-state index in [1.165, 1.54) is 69.4 Å². The minimum Gasteiger partial charge on any atom is -0.314 e. The lowest BCUT2D eigenvalue weighted by Crippen LogP contribution is -2.29. The van der Waals surface area contributed by atoms with E-state index in [1.807, 2.05) is 0 Å². The molecular weight excluding hydrogens is 226 g/mol. The Bertz CT molecular complexity index is 203. The molecule has 0 aromatic heterocycles. The molecule has 0 heterocycles. The minimum atomic E-state index is 0.893. The molecule has 1 nitrogen and oxygen atoms in total. The lowest BCUT2D eigenvalue weighted by molar-refractivity contribution is 0.293. The predicted molar refractivity (Wildman–Crippen MR) is 78.7 cm³/mol. The third-order valence-corrected chi connectivity index (χ3v) is 5.33. The molecule has 2 fully saturated rings. The Labute approximate surface area is 112 Å².